The van der Waals surface area contributed by atoms with Gasteiger partial charge in [0.25, 0.3) is 0 Å². The van der Waals surface area contributed by atoms with E-state index in [2.05, 4.69) is 20.9 Å². The molecule has 0 aliphatic heterocycles. The van der Waals surface area contributed by atoms with Gasteiger partial charge in [0.2, 0.25) is 0 Å². The van der Waals surface area contributed by atoms with Gasteiger partial charge in [-0.1, -0.05) is 22.9 Å². The van der Waals surface area contributed by atoms with Crippen molar-refractivity contribution in [3.63, 3.8) is 0 Å². The summed E-state index contributed by atoms with van der Waals surface area (Å²) in [7, 11) is 0. The summed E-state index contributed by atoms with van der Waals surface area (Å²) in [6.45, 7) is 3.91. The van der Waals surface area contributed by atoms with E-state index in [1.54, 1.807) is 12.3 Å². The molecule has 1 unspecified atom stereocenters. The number of aliphatic hydroxyl groups excluding tert-OH is 1. The average molecular weight is 322 g/mol. The Morgan fingerprint density at radius 2 is 2.11 bits per heavy atom. The predicted octanol–water partition coefficient (Wildman–Crippen LogP) is 4.39. The lowest BCUT2D eigenvalue weighted by Gasteiger charge is -2.10. The Hall–Kier alpha value is -1.39. The van der Waals surface area contributed by atoms with E-state index in [1.165, 1.54) is 0 Å². The molecular weight excluding hydrogens is 306 g/mol. The number of pyridine rings is 1. The lowest BCUT2D eigenvalue weighted by molar-refractivity contribution is 0.169. The lowest BCUT2D eigenvalue weighted by Crippen LogP contribution is -1.98. The number of hydrogen-bond acceptors (Lipinski definition) is 3. The van der Waals surface area contributed by atoms with E-state index in [4.69, 9.17) is 4.74 Å². The molecular formula is C15H16BrNO2. The first-order chi connectivity index (χ1) is 9.10. The van der Waals surface area contributed by atoms with Gasteiger partial charge in [-0.2, -0.15) is 0 Å². The van der Waals surface area contributed by atoms with Gasteiger partial charge in [0.05, 0.1) is 18.0 Å². The van der Waals surface area contributed by atoms with Crippen molar-refractivity contribution in [2.75, 3.05) is 0 Å². The molecule has 0 saturated heterocycles. The summed E-state index contributed by atoms with van der Waals surface area (Å²) >= 11 is 3.42. The van der Waals surface area contributed by atoms with Crippen molar-refractivity contribution in [3.05, 3.63) is 52.3 Å². The highest BCUT2D eigenvalue weighted by Gasteiger charge is 2.07. The molecule has 0 fully saturated rings. The fourth-order valence-electron chi connectivity index (χ4n) is 1.71. The smallest absolute Gasteiger partial charge is 0.145 e. The van der Waals surface area contributed by atoms with Crippen molar-refractivity contribution in [2.45, 2.75) is 26.4 Å². The quantitative estimate of drug-likeness (QED) is 0.908. The van der Waals surface area contributed by atoms with Gasteiger partial charge in [-0.05, 0) is 49.2 Å². The molecule has 1 N–H and O–H groups in total. The van der Waals surface area contributed by atoms with Gasteiger partial charge >= 0.3 is 0 Å². The number of halogens is 1. The van der Waals surface area contributed by atoms with Crippen molar-refractivity contribution in [3.8, 4) is 11.5 Å². The summed E-state index contributed by atoms with van der Waals surface area (Å²) in [6.07, 6.45) is 1.78. The first-order valence-corrected chi connectivity index (χ1v) is 6.97. The van der Waals surface area contributed by atoms with Crippen LogP contribution in [-0.2, 0) is 0 Å². The van der Waals surface area contributed by atoms with Crippen LogP contribution in [0, 0.1) is 6.92 Å². The highest BCUT2D eigenvalue weighted by atomic mass is 79.9. The number of benzene rings is 1. The fourth-order valence-corrected chi connectivity index (χ4v) is 2.19. The summed E-state index contributed by atoms with van der Waals surface area (Å²) in [5.41, 5.74) is 1.72. The summed E-state index contributed by atoms with van der Waals surface area (Å²) in [4.78, 5) is 4.21. The van der Waals surface area contributed by atoms with Gasteiger partial charge in [0, 0.05) is 4.47 Å². The minimum Gasteiger partial charge on any atom is -0.455 e. The monoisotopic (exact) mass is 321 g/mol. The Labute approximate surface area is 121 Å². The molecule has 0 spiro atoms. The Morgan fingerprint density at radius 3 is 2.68 bits per heavy atom. The molecule has 1 heterocycles. The standard InChI is InChI=1S/C15H16BrNO2/c1-3-14(18)13-6-5-12(9-17-13)19-15-7-4-11(16)8-10(15)2/h4-9,14,18H,3H2,1-2H3. The van der Waals surface area contributed by atoms with Gasteiger partial charge in [-0.25, -0.2) is 0 Å². The molecule has 1 aromatic carbocycles. The minimum atomic E-state index is -0.511. The van der Waals surface area contributed by atoms with Gasteiger partial charge in [0.1, 0.15) is 11.5 Å². The fraction of sp³-hybridized carbons (Fsp3) is 0.267. The van der Waals surface area contributed by atoms with Crippen molar-refractivity contribution in [2.24, 2.45) is 0 Å². The lowest BCUT2D eigenvalue weighted by atomic mass is 10.2. The van der Waals surface area contributed by atoms with E-state index < -0.39 is 6.10 Å². The third-order valence-corrected chi connectivity index (χ3v) is 3.35. The second-order valence-electron chi connectivity index (χ2n) is 4.35. The number of ether oxygens (including phenoxy) is 1. The first-order valence-electron chi connectivity index (χ1n) is 6.18. The molecule has 3 nitrogen and oxygen atoms in total. The molecule has 2 aromatic rings. The van der Waals surface area contributed by atoms with E-state index in [1.807, 2.05) is 38.1 Å². The average Bonchev–Trinajstić information content (AvgIpc) is 2.42. The van der Waals surface area contributed by atoms with Crippen molar-refractivity contribution >= 4 is 15.9 Å². The zero-order chi connectivity index (χ0) is 13.8. The van der Waals surface area contributed by atoms with E-state index >= 15 is 0 Å². The van der Waals surface area contributed by atoms with E-state index in [0.29, 0.717) is 17.9 Å². The Kier molecular flexibility index (Phi) is 4.56. The van der Waals surface area contributed by atoms with Crippen LogP contribution in [0.25, 0.3) is 0 Å². The first kappa shape index (κ1) is 14.0. The summed E-state index contributed by atoms with van der Waals surface area (Å²) in [5.74, 6) is 1.46. The summed E-state index contributed by atoms with van der Waals surface area (Å²) in [5, 5.41) is 9.68. The molecule has 0 aliphatic carbocycles. The summed E-state index contributed by atoms with van der Waals surface area (Å²) < 4.78 is 6.79. The maximum atomic E-state index is 9.68. The molecule has 1 aromatic heterocycles. The van der Waals surface area contributed by atoms with Gasteiger partial charge in [0.15, 0.2) is 0 Å². The molecule has 100 valence electrons. The number of aromatic nitrogens is 1. The van der Waals surface area contributed by atoms with Crippen LogP contribution in [0.3, 0.4) is 0 Å². The van der Waals surface area contributed by atoms with Gasteiger partial charge in [-0.3, -0.25) is 4.98 Å². The Balaban J connectivity index is 2.15. The summed E-state index contributed by atoms with van der Waals surface area (Å²) in [6, 6.07) is 9.46. The number of rotatable bonds is 4. The maximum absolute atomic E-state index is 9.68. The van der Waals surface area contributed by atoms with E-state index in [-0.39, 0.29) is 0 Å². The third-order valence-electron chi connectivity index (χ3n) is 2.85. The molecule has 0 amide bonds. The van der Waals surface area contributed by atoms with E-state index in [9.17, 15) is 5.11 Å². The van der Waals surface area contributed by atoms with Gasteiger partial charge in [-0.15, -0.1) is 0 Å². The van der Waals surface area contributed by atoms with Crippen molar-refractivity contribution in [1.82, 2.24) is 4.98 Å². The van der Waals surface area contributed by atoms with Crippen LogP contribution >= 0.6 is 15.9 Å². The van der Waals surface area contributed by atoms with Crippen LogP contribution in [0.15, 0.2) is 41.0 Å². The second kappa shape index (κ2) is 6.17. The zero-order valence-corrected chi connectivity index (χ0v) is 12.5. The topological polar surface area (TPSA) is 42.4 Å². The molecule has 0 bridgehead atoms. The molecule has 4 heteroatoms. The number of aryl methyl sites for hydroxylation is 1. The zero-order valence-electron chi connectivity index (χ0n) is 10.9. The highest BCUT2D eigenvalue weighted by molar-refractivity contribution is 9.10. The molecule has 1 atom stereocenters. The maximum Gasteiger partial charge on any atom is 0.145 e. The number of hydrogen-bond donors (Lipinski definition) is 1. The molecule has 0 aliphatic rings. The van der Waals surface area contributed by atoms with Crippen molar-refractivity contribution < 1.29 is 9.84 Å². The number of nitrogens with zero attached hydrogens (tertiary/aromatic N) is 1. The van der Waals surface area contributed by atoms with Crippen LogP contribution in [0.2, 0.25) is 0 Å². The Morgan fingerprint density at radius 1 is 1.32 bits per heavy atom. The van der Waals surface area contributed by atoms with Crippen LogP contribution in [-0.4, -0.2) is 10.1 Å². The van der Waals surface area contributed by atoms with Gasteiger partial charge < -0.3 is 9.84 Å². The van der Waals surface area contributed by atoms with Crippen molar-refractivity contribution in [1.29, 1.82) is 0 Å². The van der Waals surface area contributed by atoms with Crippen LogP contribution < -0.4 is 4.74 Å². The highest BCUT2D eigenvalue weighted by Crippen LogP contribution is 2.27. The molecule has 2 rings (SSSR count). The number of aliphatic hydroxyl groups is 1. The van der Waals surface area contributed by atoms with Crippen LogP contribution in [0.5, 0.6) is 11.5 Å². The SMILES string of the molecule is CCC(O)c1ccc(Oc2ccc(Br)cc2C)cn1. The normalized spacial score (nSPS) is 12.2. The molecule has 19 heavy (non-hydrogen) atoms. The molecule has 0 saturated carbocycles. The second-order valence-corrected chi connectivity index (χ2v) is 5.27. The minimum absolute atomic E-state index is 0.511. The van der Waals surface area contributed by atoms with E-state index in [0.717, 1.165) is 15.8 Å². The largest absolute Gasteiger partial charge is 0.455 e. The third kappa shape index (κ3) is 3.55. The van der Waals surface area contributed by atoms with Crippen LogP contribution in [0.1, 0.15) is 30.7 Å². The Bertz CT molecular complexity index is 555. The predicted molar refractivity (Wildman–Crippen MR) is 78.4 cm³/mol. The molecule has 0 radical (unpaired) electrons. The van der Waals surface area contributed by atoms with Crippen LogP contribution in [0.4, 0.5) is 0 Å².